The van der Waals surface area contributed by atoms with E-state index in [-0.39, 0.29) is 0 Å². The van der Waals surface area contributed by atoms with E-state index in [1.807, 2.05) is 18.7 Å². The van der Waals surface area contributed by atoms with Crippen molar-refractivity contribution >= 4 is 0 Å². The highest BCUT2D eigenvalue weighted by Crippen LogP contribution is 2.16. The van der Waals surface area contributed by atoms with Crippen LogP contribution in [0.1, 0.15) is 5.69 Å². The van der Waals surface area contributed by atoms with Crippen LogP contribution in [-0.2, 0) is 7.05 Å². The Balaban J connectivity index is 2.53. The quantitative estimate of drug-likeness (QED) is 0.652. The number of aryl methyl sites for hydroxylation is 1. The molecule has 2 rings (SSSR count). The lowest BCUT2D eigenvalue weighted by molar-refractivity contribution is 0.740. The molecule has 66 valence electrons. The first kappa shape index (κ1) is 7.91. The summed E-state index contributed by atoms with van der Waals surface area (Å²) in [5, 5.41) is 4.13. The lowest BCUT2D eigenvalue weighted by Crippen LogP contribution is -1.93. The molecule has 0 bridgehead atoms. The summed E-state index contributed by atoms with van der Waals surface area (Å²) in [6.45, 7) is 2.00. The van der Waals surface area contributed by atoms with E-state index in [0.29, 0.717) is 0 Å². The molecular formula is C9H10N4. The molecule has 0 radical (unpaired) electrons. The number of aromatic nitrogens is 4. The number of hydrogen-bond donors (Lipinski definition) is 0. The largest absolute Gasteiger partial charge is 0.272 e. The molecule has 0 spiro atoms. The standard InChI is InChI=1S/C9H10N4/c1-7-8(6-12-13(7)2)9-10-4-3-5-11-9/h3-6H,1-2H3. The topological polar surface area (TPSA) is 43.6 Å². The summed E-state index contributed by atoms with van der Waals surface area (Å²) < 4.78 is 1.81. The summed E-state index contributed by atoms with van der Waals surface area (Å²) in [4.78, 5) is 8.32. The van der Waals surface area contributed by atoms with Crippen LogP contribution in [0.3, 0.4) is 0 Å². The first-order valence-electron chi connectivity index (χ1n) is 4.05. The normalized spacial score (nSPS) is 10.3. The third-order valence-electron chi connectivity index (χ3n) is 2.04. The Morgan fingerprint density at radius 1 is 1.23 bits per heavy atom. The summed E-state index contributed by atoms with van der Waals surface area (Å²) >= 11 is 0. The fraction of sp³-hybridized carbons (Fsp3) is 0.222. The van der Waals surface area contributed by atoms with Crippen LogP contribution in [0.2, 0.25) is 0 Å². The summed E-state index contributed by atoms with van der Waals surface area (Å²) in [6.07, 6.45) is 5.24. The number of nitrogens with zero attached hydrogens (tertiary/aromatic N) is 4. The number of hydrogen-bond acceptors (Lipinski definition) is 3. The molecular weight excluding hydrogens is 164 g/mol. The van der Waals surface area contributed by atoms with Crippen molar-refractivity contribution in [2.45, 2.75) is 6.92 Å². The van der Waals surface area contributed by atoms with E-state index in [1.165, 1.54) is 0 Å². The van der Waals surface area contributed by atoms with Crippen LogP contribution in [0.5, 0.6) is 0 Å². The van der Waals surface area contributed by atoms with Gasteiger partial charge in [0, 0.05) is 25.1 Å². The molecule has 0 amide bonds. The van der Waals surface area contributed by atoms with Gasteiger partial charge in [0.25, 0.3) is 0 Å². The van der Waals surface area contributed by atoms with E-state index < -0.39 is 0 Å². The third kappa shape index (κ3) is 1.30. The minimum Gasteiger partial charge on any atom is -0.272 e. The van der Waals surface area contributed by atoms with Crippen LogP contribution in [0.15, 0.2) is 24.7 Å². The van der Waals surface area contributed by atoms with Gasteiger partial charge in [0.1, 0.15) is 0 Å². The van der Waals surface area contributed by atoms with Gasteiger partial charge in [-0.1, -0.05) is 0 Å². The maximum atomic E-state index is 4.16. The van der Waals surface area contributed by atoms with Crippen LogP contribution < -0.4 is 0 Å². The molecule has 0 aliphatic carbocycles. The second kappa shape index (κ2) is 2.97. The van der Waals surface area contributed by atoms with E-state index in [4.69, 9.17) is 0 Å². The highest BCUT2D eigenvalue weighted by Gasteiger charge is 2.07. The zero-order valence-electron chi connectivity index (χ0n) is 7.60. The molecule has 0 aliphatic heterocycles. The van der Waals surface area contributed by atoms with E-state index in [0.717, 1.165) is 17.1 Å². The van der Waals surface area contributed by atoms with E-state index >= 15 is 0 Å². The molecule has 13 heavy (non-hydrogen) atoms. The van der Waals surface area contributed by atoms with Crippen molar-refractivity contribution in [3.8, 4) is 11.4 Å². The van der Waals surface area contributed by atoms with Crippen molar-refractivity contribution in [1.29, 1.82) is 0 Å². The summed E-state index contributed by atoms with van der Waals surface area (Å²) in [5.41, 5.74) is 2.06. The molecule has 0 N–H and O–H groups in total. The molecule has 2 aromatic rings. The second-order valence-electron chi connectivity index (χ2n) is 2.84. The van der Waals surface area contributed by atoms with Gasteiger partial charge in [0.05, 0.1) is 11.8 Å². The fourth-order valence-corrected chi connectivity index (χ4v) is 1.16. The Labute approximate surface area is 76.3 Å². The summed E-state index contributed by atoms with van der Waals surface area (Å²) in [6, 6.07) is 1.80. The molecule has 2 heterocycles. The van der Waals surface area contributed by atoms with Gasteiger partial charge in [-0.05, 0) is 13.0 Å². The fourth-order valence-electron chi connectivity index (χ4n) is 1.16. The van der Waals surface area contributed by atoms with E-state index in [1.54, 1.807) is 24.7 Å². The predicted octanol–water partition coefficient (Wildman–Crippen LogP) is 1.19. The molecule has 0 unspecified atom stereocenters. The van der Waals surface area contributed by atoms with Crippen molar-refractivity contribution < 1.29 is 0 Å². The van der Waals surface area contributed by atoms with Gasteiger partial charge in [0.2, 0.25) is 0 Å². The SMILES string of the molecule is Cc1c(-c2ncccn2)cnn1C. The van der Waals surface area contributed by atoms with Crippen LogP contribution in [0.25, 0.3) is 11.4 Å². The molecule has 4 nitrogen and oxygen atoms in total. The average molecular weight is 174 g/mol. The van der Waals surface area contributed by atoms with Crippen molar-refractivity contribution in [2.24, 2.45) is 7.05 Å². The maximum Gasteiger partial charge on any atom is 0.162 e. The van der Waals surface area contributed by atoms with E-state index in [9.17, 15) is 0 Å². The molecule has 2 aromatic heterocycles. The van der Waals surface area contributed by atoms with E-state index in [2.05, 4.69) is 15.1 Å². The molecule has 0 aromatic carbocycles. The summed E-state index contributed by atoms with van der Waals surface area (Å²) in [7, 11) is 1.90. The Morgan fingerprint density at radius 3 is 2.46 bits per heavy atom. The van der Waals surface area contributed by atoms with Gasteiger partial charge in [-0.25, -0.2) is 9.97 Å². The van der Waals surface area contributed by atoms with Crippen LogP contribution in [0, 0.1) is 6.92 Å². The Kier molecular flexibility index (Phi) is 1.81. The van der Waals surface area contributed by atoms with Gasteiger partial charge >= 0.3 is 0 Å². The van der Waals surface area contributed by atoms with Crippen LogP contribution >= 0.6 is 0 Å². The Morgan fingerprint density at radius 2 is 1.92 bits per heavy atom. The highest BCUT2D eigenvalue weighted by atomic mass is 15.3. The zero-order valence-corrected chi connectivity index (χ0v) is 7.60. The predicted molar refractivity (Wildman–Crippen MR) is 49.0 cm³/mol. The lowest BCUT2D eigenvalue weighted by Gasteiger charge is -1.97. The Bertz CT molecular complexity index is 405. The average Bonchev–Trinajstić information content (AvgIpc) is 2.49. The van der Waals surface area contributed by atoms with Crippen molar-refractivity contribution in [3.63, 3.8) is 0 Å². The summed E-state index contributed by atoms with van der Waals surface area (Å²) in [5.74, 6) is 0.730. The van der Waals surface area contributed by atoms with Crippen LogP contribution in [0.4, 0.5) is 0 Å². The van der Waals surface area contributed by atoms with Crippen molar-refractivity contribution in [1.82, 2.24) is 19.7 Å². The first-order valence-corrected chi connectivity index (χ1v) is 4.05. The molecule has 0 fully saturated rings. The van der Waals surface area contributed by atoms with Gasteiger partial charge in [0.15, 0.2) is 5.82 Å². The monoisotopic (exact) mass is 174 g/mol. The maximum absolute atomic E-state index is 4.16. The number of rotatable bonds is 1. The smallest absolute Gasteiger partial charge is 0.162 e. The van der Waals surface area contributed by atoms with Gasteiger partial charge in [-0.3, -0.25) is 4.68 Å². The van der Waals surface area contributed by atoms with Gasteiger partial charge in [-0.15, -0.1) is 0 Å². The Hall–Kier alpha value is -1.71. The lowest BCUT2D eigenvalue weighted by atomic mass is 10.2. The van der Waals surface area contributed by atoms with Gasteiger partial charge in [-0.2, -0.15) is 5.10 Å². The highest BCUT2D eigenvalue weighted by molar-refractivity contribution is 5.56. The second-order valence-corrected chi connectivity index (χ2v) is 2.84. The van der Waals surface area contributed by atoms with Gasteiger partial charge < -0.3 is 0 Å². The zero-order chi connectivity index (χ0) is 9.26. The molecule has 0 aliphatic rings. The molecule has 0 atom stereocenters. The van der Waals surface area contributed by atoms with Crippen LogP contribution in [-0.4, -0.2) is 19.7 Å². The third-order valence-corrected chi connectivity index (χ3v) is 2.04. The van der Waals surface area contributed by atoms with Crippen molar-refractivity contribution in [3.05, 3.63) is 30.4 Å². The molecule has 0 saturated heterocycles. The first-order chi connectivity index (χ1) is 6.29. The van der Waals surface area contributed by atoms with Crippen molar-refractivity contribution in [2.75, 3.05) is 0 Å². The minimum atomic E-state index is 0.730. The minimum absolute atomic E-state index is 0.730. The molecule has 0 saturated carbocycles. The molecule has 4 heteroatoms.